The first-order valence-electron chi connectivity index (χ1n) is 9.95. The molecule has 0 amide bonds. The molecular weight excluding hydrogens is 346 g/mol. The number of dihydropyridines is 1. The van der Waals surface area contributed by atoms with Crippen molar-refractivity contribution in [2.75, 3.05) is 44.7 Å². The zero-order chi connectivity index (χ0) is 18.9. The molecule has 142 valence electrons. The Balaban J connectivity index is 1.39. The van der Waals surface area contributed by atoms with E-state index < -0.39 is 0 Å². The fourth-order valence-corrected chi connectivity index (χ4v) is 4.06. The molecule has 2 aliphatic rings. The maximum absolute atomic E-state index is 4.64. The predicted octanol–water partition coefficient (Wildman–Crippen LogP) is 3.48. The van der Waals surface area contributed by atoms with E-state index in [0.717, 1.165) is 38.4 Å². The van der Waals surface area contributed by atoms with Gasteiger partial charge in [0.05, 0.1) is 12.2 Å². The van der Waals surface area contributed by atoms with Crippen LogP contribution in [0.3, 0.4) is 0 Å². The van der Waals surface area contributed by atoms with Crippen LogP contribution in [-0.4, -0.2) is 60.3 Å². The first-order valence-corrected chi connectivity index (χ1v) is 9.95. The summed E-state index contributed by atoms with van der Waals surface area (Å²) in [6.07, 6.45) is 10.2. The van der Waals surface area contributed by atoms with E-state index in [2.05, 4.69) is 79.9 Å². The third-order valence-corrected chi connectivity index (χ3v) is 5.83. The van der Waals surface area contributed by atoms with Gasteiger partial charge >= 0.3 is 0 Å². The summed E-state index contributed by atoms with van der Waals surface area (Å²) in [6.45, 7) is 5.24. The number of aliphatic imine (C=N–C) groups is 1. The van der Waals surface area contributed by atoms with Crippen LogP contribution >= 0.6 is 0 Å². The van der Waals surface area contributed by atoms with Crippen LogP contribution in [0.2, 0.25) is 0 Å². The number of imidazole rings is 1. The molecule has 1 atom stereocenters. The zero-order valence-corrected chi connectivity index (χ0v) is 16.2. The molecule has 1 aromatic carbocycles. The number of piperazine rings is 1. The van der Waals surface area contributed by atoms with Crippen LogP contribution in [0.1, 0.15) is 11.6 Å². The summed E-state index contributed by atoms with van der Waals surface area (Å²) in [5.74, 6) is 0.300. The first kappa shape index (κ1) is 17.2. The molecule has 0 radical (unpaired) electrons. The number of anilines is 1. The van der Waals surface area contributed by atoms with Crippen LogP contribution in [0.5, 0.6) is 0 Å². The number of hydrogen-bond donors (Lipinski definition) is 0. The number of aromatic nitrogens is 2. The highest BCUT2D eigenvalue weighted by atomic mass is 15.2. The maximum Gasteiger partial charge on any atom is 0.137 e. The molecule has 2 aliphatic heterocycles. The number of fused-ring (bicyclic) bond motifs is 1. The summed E-state index contributed by atoms with van der Waals surface area (Å²) >= 11 is 0. The van der Waals surface area contributed by atoms with Gasteiger partial charge < -0.3 is 14.2 Å². The summed E-state index contributed by atoms with van der Waals surface area (Å²) in [5.41, 5.74) is 5.92. The van der Waals surface area contributed by atoms with Crippen molar-refractivity contribution in [2.24, 2.45) is 4.99 Å². The van der Waals surface area contributed by atoms with Gasteiger partial charge in [-0.25, -0.2) is 4.98 Å². The Labute approximate surface area is 165 Å². The van der Waals surface area contributed by atoms with Crippen molar-refractivity contribution in [3.63, 3.8) is 0 Å². The van der Waals surface area contributed by atoms with Crippen LogP contribution in [0, 0.1) is 0 Å². The molecule has 0 saturated carbocycles. The van der Waals surface area contributed by atoms with E-state index in [1.807, 2.05) is 18.5 Å². The minimum atomic E-state index is 0.300. The smallest absolute Gasteiger partial charge is 0.137 e. The molecular formula is C23H25N5. The predicted molar refractivity (Wildman–Crippen MR) is 116 cm³/mol. The van der Waals surface area contributed by atoms with Crippen molar-refractivity contribution >= 4 is 17.5 Å². The highest BCUT2D eigenvalue weighted by molar-refractivity contribution is 5.73. The van der Waals surface area contributed by atoms with Crippen molar-refractivity contribution in [2.45, 2.75) is 5.92 Å². The first-order chi connectivity index (χ1) is 13.8. The van der Waals surface area contributed by atoms with Gasteiger partial charge in [-0.3, -0.25) is 4.99 Å². The highest BCUT2D eigenvalue weighted by Crippen LogP contribution is 2.27. The molecule has 0 N–H and O–H groups in total. The summed E-state index contributed by atoms with van der Waals surface area (Å²) in [7, 11) is 2.19. The van der Waals surface area contributed by atoms with Gasteiger partial charge in [0.2, 0.25) is 0 Å². The number of hydrogen-bond acceptors (Lipinski definition) is 4. The van der Waals surface area contributed by atoms with Gasteiger partial charge in [-0.1, -0.05) is 18.2 Å². The molecule has 3 aromatic rings. The largest absolute Gasteiger partial charge is 0.369 e. The molecule has 1 fully saturated rings. The Bertz CT molecular complexity index is 1020. The van der Waals surface area contributed by atoms with E-state index >= 15 is 0 Å². The quantitative estimate of drug-likeness (QED) is 0.707. The lowest BCUT2D eigenvalue weighted by Gasteiger charge is -2.34. The van der Waals surface area contributed by atoms with Gasteiger partial charge in [0.1, 0.15) is 5.65 Å². The topological polar surface area (TPSA) is 36.1 Å². The Morgan fingerprint density at radius 2 is 1.79 bits per heavy atom. The molecule has 5 rings (SSSR count). The lowest BCUT2D eigenvalue weighted by molar-refractivity contribution is 0.313. The van der Waals surface area contributed by atoms with Gasteiger partial charge in [0, 0.05) is 56.4 Å². The second-order valence-electron chi connectivity index (χ2n) is 7.67. The van der Waals surface area contributed by atoms with Crippen LogP contribution in [0.4, 0.5) is 5.69 Å². The summed E-state index contributed by atoms with van der Waals surface area (Å²) in [6, 6.07) is 13.3. The fraction of sp³-hybridized carbons (Fsp3) is 0.304. The number of rotatable bonds is 3. The standard InChI is InChI=1S/C23H25N5/c1-26-11-13-27(14-12-26)21-6-4-18(5-7-21)19-8-10-28-22(17-25-23(28)15-19)20-3-2-9-24-16-20/h2-10,15,17,20H,11-14,16H2,1H3. The molecule has 0 spiro atoms. The minimum absolute atomic E-state index is 0.300. The zero-order valence-electron chi connectivity index (χ0n) is 16.2. The Kier molecular flexibility index (Phi) is 4.45. The average Bonchev–Trinajstić information content (AvgIpc) is 3.18. The van der Waals surface area contributed by atoms with Crippen molar-refractivity contribution < 1.29 is 0 Å². The van der Waals surface area contributed by atoms with Gasteiger partial charge in [-0.2, -0.15) is 0 Å². The number of nitrogens with zero attached hydrogens (tertiary/aromatic N) is 5. The molecule has 28 heavy (non-hydrogen) atoms. The molecule has 0 aliphatic carbocycles. The number of benzene rings is 1. The molecule has 4 heterocycles. The van der Waals surface area contributed by atoms with Gasteiger partial charge in [-0.05, 0) is 48.5 Å². The third kappa shape index (κ3) is 3.22. The average molecular weight is 371 g/mol. The van der Waals surface area contributed by atoms with Crippen LogP contribution in [-0.2, 0) is 0 Å². The second-order valence-corrected chi connectivity index (χ2v) is 7.67. The molecule has 2 aromatic heterocycles. The van der Waals surface area contributed by atoms with Gasteiger partial charge in [0.15, 0.2) is 0 Å². The number of allylic oxidation sites excluding steroid dienone is 1. The normalized spacial score (nSPS) is 20.2. The molecule has 0 bridgehead atoms. The molecule has 1 unspecified atom stereocenters. The highest BCUT2D eigenvalue weighted by Gasteiger charge is 2.16. The van der Waals surface area contributed by atoms with Crippen molar-refractivity contribution in [1.82, 2.24) is 14.3 Å². The summed E-state index contributed by atoms with van der Waals surface area (Å²) < 4.78 is 2.18. The third-order valence-electron chi connectivity index (χ3n) is 5.83. The van der Waals surface area contributed by atoms with Gasteiger partial charge in [-0.15, -0.1) is 0 Å². The van der Waals surface area contributed by atoms with E-state index in [-0.39, 0.29) is 0 Å². The van der Waals surface area contributed by atoms with Crippen LogP contribution < -0.4 is 4.90 Å². The SMILES string of the molecule is CN1CCN(c2ccc(-c3ccn4c(C5C=CC=NC5)cnc4c3)cc2)CC1. The number of pyridine rings is 1. The van der Waals surface area contributed by atoms with E-state index in [0.29, 0.717) is 5.92 Å². The van der Waals surface area contributed by atoms with Crippen LogP contribution in [0.15, 0.2) is 65.9 Å². The fourth-order valence-electron chi connectivity index (χ4n) is 4.06. The van der Waals surface area contributed by atoms with Crippen molar-refractivity contribution in [3.05, 3.63) is 66.6 Å². The molecule has 1 saturated heterocycles. The van der Waals surface area contributed by atoms with Crippen molar-refractivity contribution in [1.29, 1.82) is 0 Å². The van der Waals surface area contributed by atoms with E-state index in [4.69, 9.17) is 0 Å². The minimum Gasteiger partial charge on any atom is -0.369 e. The lowest BCUT2D eigenvalue weighted by Crippen LogP contribution is -2.44. The monoisotopic (exact) mass is 371 g/mol. The summed E-state index contributed by atoms with van der Waals surface area (Å²) in [5, 5.41) is 0. The second kappa shape index (κ2) is 7.24. The van der Waals surface area contributed by atoms with Crippen LogP contribution in [0.25, 0.3) is 16.8 Å². The Morgan fingerprint density at radius 1 is 0.964 bits per heavy atom. The molecule has 5 heteroatoms. The lowest BCUT2D eigenvalue weighted by atomic mass is 10.0. The van der Waals surface area contributed by atoms with E-state index in [1.54, 1.807) is 0 Å². The maximum atomic E-state index is 4.64. The molecule has 5 nitrogen and oxygen atoms in total. The Hall–Kier alpha value is -2.92. The Morgan fingerprint density at radius 3 is 2.54 bits per heavy atom. The summed E-state index contributed by atoms with van der Waals surface area (Å²) in [4.78, 5) is 13.9. The van der Waals surface area contributed by atoms with Crippen molar-refractivity contribution in [3.8, 4) is 11.1 Å². The van der Waals surface area contributed by atoms with E-state index in [9.17, 15) is 0 Å². The number of likely N-dealkylation sites (N-methyl/N-ethyl adjacent to an activating group) is 1. The van der Waals surface area contributed by atoms with Gasteiger partial charge in [0.25, 0.3) is 0 Å². The van der Waals surface area contributed by atoms with E-state index in [1.165, 1.54) is 22.5 Å².